The van der Waals surface area contributed by atoms with E-state index in [2.05, 4.69) is 4.98 Å². The summed E-state index contributed by atoms with van der Waals surface area (Å²) >= 11 is 0. The SMILES string of the molecule is CC[C@H]1O[C@@H](n2cc(CCc3cccc[n+]3C)c(=O)[nH]c2=O)CC1O. The van der Waals surface area contributed by atoms with Gasteiger partial charge in [0, 0.05) is 36.7 Å². The number of aliphatic hydroxyl groups excluding tert-OH is 1. The fourth-order valence-corrected chi connectivity index (χ4v) is 3.25. The number of aryl methyl sites for hydroxylation is 3. The average molecular weight is 346 g/mol. The number of aromatic nitrogens is 3. The molecule has 3 atom stereocenters. The molecular weight excluding hydrogens is 322 g/mol. The molecule has 3 rings (SSSR count). The molecule has 0 radical (unpaired) electrons. The Hall–Kier alpha value is -2.25. The maximum absolute atomic E-state index is 12.2. The van der Waals surface area contributed by atoms with E-state index in [0.717, 1.165) is 5.69 Å². The van der Waals surface area contributed by atoms with Gasteiger partial charge in [0.2, 0.25) is 0 Å². The lowest BCUT2D eigenvalue weighted by Gasteiger charge is -2.15. The molecule has 2 aromatic rings. The monoisotopic (exact) mass is 346 g/mol. The number of nitrogens with one attached hydrogen (secondary N) is 1. The van der Waals surface area contributed by atoms with E-state index in [0.29, 0.717) is 31.2 Å². The highest BCUT2D eigenvalue weighted by molar-refractivity contribution is 5.08. The van der Waals surface area contributed by atoms with Crippen molar-refractivity contribution in [3.05, 3.63) is 62.7 Å². The zero-order valence-corrected chi connectivity index (χ0v) is 14.5. The third-order valence-corrected chi connectivity index (χ3v) is 4.77. The van der Waals surface area contributed by atoms with Gasteiger partial charge in [0.15, 0.2) is 11.9 Å². The van der Waals surface area contributed by atoms with Crippen LogP contribution < -0.4 is 15.8 Å². The first-order chi connectivity index (χ1) is 12.0. The number of H-pyrrole nitrogens is 1. The van der Waals surface area contributed by atoms with Crippen molar-refractivity contribution in [2.45, 2.75) is 51.0 Å². The Bertz CT molecular complexity index is 858. The van der Waals surface area contributed by atoms with Crippen molar-refractivity contribution >= 4 is 0 Å². The number of aliphatic hydroxyl groups is 1. The molecule has 0 aromatic carbocycles. The molecular formula is C18H24N3O4+. The minimum atomic E-state index is -0.597. The second-order valence-corrected chi connectivity index (χ2v) is 6.46. The average Bonchev–Trinajstić information content (AvgIpc) is 2.96. The molecule has 1 aliphatic rings. The van der Waals surface area contributed by atoms with E-state index in [1.807, 2.05) is 42.9 Å². The molecule has 7 heteroatoms. The molecule has 0 amide bonds. The second kappa shape index (κ2) is 7.33. The summed E-state index contributed by atoms with van der Waals surface area (Å²) < 4.78 is 9.15. The van der Waals surface area contributed by atoms with Crippen molar-refractivity contribution < 1.29 is 14.4 Å². The summed E-state index contributed by atoms with van der Waals surface area (Å²) in [5.41, 5.74) is 0.748. The van der Waals surface area contributed by atoms with Gasteiger partial charge in [-0.3, -0.25) is 14.3 Å². The summed E-state index contributed by atoms with van der Waals surface area (Å²) in [4.78, 5) is 26.6. The van der Waals surface area contributed by atoms with Gasteiger partial charge in [0.25, 0.3) is 5.56 Å². The lowest BCUT2D eigenvalue weighted by Crippen LogP contribution is -2.35. The van der Waals surface area contributed by atoms with Gasteiger partial charge in [-0.1, -0.05) is 13.0 Å². The van der Waals surface area contributed by atoms with E-state index >= 15 is 0 Å². The van der Waals surface area contributed by atoms with Crippen LogP contribution in [0.15, 0.2) is 40.2 Å². The number of hydrogen-bond acceptors (Lipinski definition) is 4. The molecule has 134 valence electrons. The molecule has 1 aliphatic heterocycles. The summed E-state index contributed by atoms with van der Waals surface area (Å²) in [6.07, 6.45) is 4.32. The van der Waals surface area contributed by atoms with Crippen LogP contribution >= 0.6 is 0 Å². The standard InChI is InChI=1S/C18H23N3O4/c1-3-15-14(22)10-16(25-15)21-11-12(17(23)19-18(21)24)7-8-13-6-4-5-9-20(13)2/h4-6,9,11,14-16,22H,3,7-8,10H2,1-2H3/p+1/t14?,15-,16-/m1/s1. The zero-order chi connectivity index (χ0) is 18.0. The summed E-state index contributed by atoms with van der Waals surface area (Å²) in [6.45, 7) is 1.93. The van der Waals surface area contributed by atoms with E-state index in [1.54, 1.807) is 6.20 Å². The van der Waals surface area contributed by atoms with Crippen molar-refractivity contribution in [2.24, 2.45) is 7.05 Å². The van der Waals surface area contributed by atoms with Crippen molar-refractivity contribution in [2.75, 3.05) is 0 Å². The Labute approximate surface area is 145 Å². The minimum Gasteiger partial charge on any atom is -0.390 e. The highest BCUT2D eigenvalue weighted by Crippen LogP contribution is 2.29. The quantitative estimate of drug-likeness (QED) is 0.758. The third kappa shape index (κ3) is 3.72. The van der Waals surface area contributed by atoms with Crippen molar-refractivity contribution in [3.8, 4) is 0 Å². The number of ether oxygens (including phenoxy) is 1. The summed E-state index contributed by atoms with van der Waals surface area (Å²) in [5, 5.41) is 10.0. The normalized spacial score (nSPS) is 23.1. The van der Waals surface area contributed by atoms with Gasteiger partial charge >= 0.3 is 5.69 Å². The lowest BCUT2D eigenvalue weighted by atomic mass is 10.1. The smallest absolute Gasteiger partial charge is 0.330 e. The van der Waals surface area contributed by atoms with Crippen molar-refractivity contribution in [1.29, 1.82) is 0 Å². The molecule has 1 unspecified atom stereocenters. The van der Waals surface area contributed by atoms with E-state index in [9.17, 15) is 14.7 Å². The van der Waals surface area contributed by atoms with E-state index in [-0.39, 0.29) is 11.7 Å². The molecule has 0 spiro atoms. The molecule has 2 N–H and O–H groups in total. The maximum atomic E-state index is 12.2. The number of pyridine rings is 1. The van der Waals surface area contributed by atoms with Crippen LogP contribution in [0.25, 0.3) is 0 Å². The second-order valence-electron chi connectivity index (χ2n) is 6.46. The van der Waals surface area contributed by atoms with Gasteiger partial charge in [-0.2, -0.15) is 0 Å². The Kier molecular flexibility index (Phi) is 5.15. The van der Waals surface area contributed by atoms with Crippen LogP contribution in [-0.2, 0) is 24.6 Å². The molecule has 0 aliphatic carbocycles. The van der Waals surface area contributed by atoms with E-state index in [4.69, 9.17) is 4.74 Å². The lowest BCUT2D eigenvalue weighted by molar-refractivity contribution is -0.679. The van der Waals surface area contributed by atoms with E-state index < -0.39 is 18.0 Å². The van der Waals surface area contributed by atoms with Gasteiger partial charge in [-0.15, -0.1) is 0 Å². The van der Waals surface area contributed by atoms with Crippen molar-refractivity contribution in [1.82, 2.24) is 9.55 Å². The number of hydrogen-bond donors (Lipinski definition) is 2. The zero-order valence-electron chi connectivity index (χ0n) is 14.5. The molecule has 0 bridgehead atoms. The first-order valence-electron chi connectivity index (χ1n) is 8.61. The molecule has 0 saturated carbocycles. The van der Waals surface area contributed by atoms with Crippen LogP contribution in [0, 0.1) is 0 Å². The van der Waals surface area contributed by atoms with Gasteiger partial charge in [0.05, 0.1) is 12.2 Å². The summed E-state index contributed by atoms with van der Waals surface area (Å²) in [7, 11) is 1.96. The Balaban J connectivity index is 1.83. The topological polar surface area (TPSA) is 88.2 Å². The number of nitrogens with zero attached hydrogens (tertiary/aromatic N) is 2. The van der Waals surface area contributed by atoms with E-state index in [1.165, 1.54) is 4.57 Å². The van der Waals surface area contributed by atoms with Crippen LogP contribution in [0.1, 0.15) is 37.3 Å². The van der Waals surface area contributed by atoms with Crippen LogP contribution in [0.5, 0.6) is 0 Å². The van der Waals surface area contributed by atoms with Crippen LogP contribution in [0.4, 0.5) is 0 Å². The molecule has 2 aromatic heterocycles. The van der Waals surface area contributed by atoms with Gasteiger partial charge in [-0.25, -0.2) is 9.36 Å². The molecule has 3 heterocycles. The fourth-order valence-electron chi connectivity index (χ4n) is 3.25. The molecule has 25 heavy (non-hydrogen) atoms. The Morgan fingerprint density at radius 3 is 2.84 bits per heavy atom. The predicted octanol–water partition coefficient (Wildman–Crippen LogP) is 0.205. The Morgan fingerprint density at radius 2 is 2.16 bits per heavy atom. The van der Waals surface area contributed by atoms with Crippen LogP contribution in [0.2, 0.25) is 0 Å². The highest BCUT2D eigenvalue weighted by Gasteiger charge is 2.34. The van der Waals surface area contributed by atoms with Gasteiger partial charge in [0.1, 0.15) is 13.3 Å². The molecule has 1 fully saturated rings. The predicted molar refractivity (Wildman–Crippen MR) is 91.2 cm³/mol. The first-order valence-corrected chi connectivity index (χ1v) is 8.61. The van der Waals surface area contributed by atoms with Crippen molar-refractivity contribution in [3.63, 3.8) is 0 Å². The van der Waals surface area contributed by atoms with Crippen LogP contribution in [0.3, 0.4) is 0 Å². The highest BCUT2D eigenvalue weighted by atomic mass is 16.5. The number of rotatable bonds is 5. The maximum Gasteiger partial charge on any atom is 0.330 e. The first kappa shape index (κ1) is 17.6. The Morgan fingerprint density at radius 1 is 1.36 bits per heavy atom. The largest absolute Gasteiger partial charge is 0.390 e. The molecule has 1 saturated heterocycles. The van der Waals surface area contributed by atoms with Crippen LogP contribution in [-0.4, -0.2) is 26.9 Å². The van der Waals surface area contributed by atoms with Gasteiger partial charge < -0.3 is 9.84 Å². The third-order valence-electron chi connectivity index (χ3n) is 4.77. The minimum absolute atomic E-state index is 0.282. The summed E-state index contributed by atoms with van der Waals surface area (Å²) in [5.74, 6) is 0. The fraction of sp³-hybridized carbons (Fsp3) is 0.500. The number of aromatic amines is 1. The van der Waals surface area contributed by atoms with Gasteiger partial charge in [-0.05, 0) is 12.8 Å². The summed E-state index contributed by atoms with van der Waals surface area (Å²) in [6, 6.07) is 5.91. The molecule has 7 nitrogen and oxygen atoms in total.